The Hall–Kier alpha value is -1.67. The Morgan fingerprint density at radius 1 is 1.06 bits per heavy atom. The Bertz CT molecular complexity index is 494. The van der Waals surface area contributed by atoms with Crippen molar-refractivity contribution < 1.29 is 4.39 Å². The highest BCUT2D eigenvalue weighted by Crippen LogP contribution is 2.25. The van der Waals surface area contributed by atoms with Crippen LogP contribution < -0.4 is 5.32 Å². The molecule has 2 aromatic carbocycles. The second-order valence-electron chi connectivity index (χ2n) is 4.13. The molecule has 1 unspecified atom stereocenters. The second-order valence-corrected chi connectivity index (χ2v) is 4.13. The molecule has 0 amide bonds. The first-order chi connectivity index (χ1) is 8.22. The maximum absolute atomic E-state index is 13.3. The topological polar surface area (TPSA) is 12.0 Å². The van der Waals surface area contributed by atoms with Crippen molar-refractivity contribution in [3.8, 4) is 0 Å². The molecule has 0 aliphatic carbocycles. The van der Waals surface area contributed by atoms with Crippen molar-refractivity contribution in [2.75, 3.05) is 7.05 Å². The molecule has 1 N–H and O–H groups in total. The third-order valence-electron chi connectivity index (χ3n) is 2.97. The third kappa shape index (κ3) is 2.53. The lowest BCUT2D eigenvalue weighted by atomic mass is 9.95. The first kappa shape index (κ1) is 11.8. The van der Waals surface area contributed by atoms with Crippen molar-refractivity contribution in [1.29, 1.82) is 0 Å². The van der Waals surface area contributed by atoms with E-state index in [2.05, 4.69) is 5.32 Å². The molecule has 0 spiro atoms. The molecule has 2 aromatic rings. The molecule has 17 heavy (non-hydrogen) atoms. The van der Waals surface area contributed by atoms with Crippen LogP contribution >= 0.6 is 0 Å². The maximum atomic E-state index is 13.3. The van der Waals surface area contributed by atoms with Gasteiger partial charge < -0.3 is 5.32 Å². The number of halogens is 1. The zero-order chi connectivity index (χ0) is 12.3. The molecular weight excluding hydrogens is 213 g/mol. The van der Waals surface area contributed by atoms with Crippen LogP contribution in [0.25, 0.3) is 0 Å². The van der Waals surface area contributed by atoms with Crippen molar-refractivity contribution in [2.24, 2.45) is 0 Å². The second kappa shape index (κ2) is 5.11. The number of benzene rings is 2. The summed E-state index contributed by atoms with van der Waals surface area (Å²) in [7, 11) is 1.89. The summed E-state index contributed by atoms with van der Waals surface area (Å²) in [5.41, 5.74) is 3.22. The van der Waals surface area contributed by atoms with Crippen LogP contribution in [0, 0.1) is 12.7 Å². The fourth-order valence-electron chi connectivity index (χ4n) is 2.07. The zero-order valence-electron chi connectivity index (χ0n) is 10.1. The lowest BCUT2D eigenvalue weighted by molar-refractivity contribution is 0.615. The Morgan fingerprint density at radius 2 is 1.76 bits per heavy atom. The van der Waals surface area contributed by atoms with E-state index in [4.69, 9.17) is 0 Å². The number of rotatable bonds is 3. The Labute approximate surface area is 101 Å². The predicted molar refractivity (Wildman–Crippen MR) is 68.5 cm³/mol. The molecule has 0 aliphatic heterocycles. The van der Waals surface area contributed by atoms with Gasteiger partial charge in [-0.05, 0) is 42.8 Å². The molecule has 1 nitrogen and oxygen atoms in total. The van der Waals surface area contributed by atoms with Crippen LogP contribution in [0.5, 0.6) is 0 Å². The van der Waals surface area contributed by atoms with Crippen molar-refractivity contribution in [3.05, 3.63) is 71.0 Å². The molecule has 0 fully saturated rings. The minimum Gasteiger partial charge on any atom is -0.309 e. The van der Waals surface area contributed by atoms with E-state index < -0.39 is 0 Å². The summed E-state index contributed by atoms with van der Waals surface area (Å²) in [5, 5.41) is 3.24. The van der Waals surface area contributed by atoms with Gasteiger partial charge in [0.2, 0.25) is 0 Å². The molecule has 0 saturated carbocycles. The van der Waals surface area contributed by atoms with Gasteiger partial charge in [0.15, 0.2) is 0 Å². The lowest BCUT2D eigenvalue weighted by Crippen LogP contribution is -2.18. The molecular formula is C15H16FN. The summed E-state index contributed by atoms with van der Waals surface area (Å²) in [5.74, 6) is -0.193. The van der Waals surface area contributed by atoms with Gasteiger partial charge in [-0.3, -0.25) is 0 Å². The van der Waals surface area contributed by atoms with Crippen molar-refractivity contribution in [1.82, 2.24) is 5.32 Å². The van der Waals surface area contributed by atoms with Crippen LogP contribution in [0.1, 0.15) is 22.7 Å². The summed E-state index contributed by atoms with van der Waals surface area (Å²) < 4.78 is 13.3. The summed E-state index contributed by atoms with van der Waals surface area (Å²) in [6.45, 7) is 2.00. The van der Waals surface area contributed by atoms with Gasteiger partial charge in [-0.1, -0.05) is 36.4 Å². The van der Waals surface area contributed by atoms with Crippen molar-refractivity contribution in [2.45, 2.75) is 13.0 Å². The Morgan fingerprint density at radius 3 is 2.41 bits per heavy atom. The maximum Gasteiger partial charge on any atom is 0.123 e. The highest BCUT2D eigenvalue weighted by Gasteiger charge is 2.14. The van der Waals surface area contributed by atoms with Gasteiger partial charge in [-0.25, -0.2) is 4.39 Å². The fraction of sp³-hybridized carbons (Fsp3) is 0.200. The van der Waals surface area contributed by atoms with E-state index >= 15 is 0 Å². The number of aryl methyl sites for hydroxylation is 1. The van der Waals surface area contributed by atoms with Crippen molar-refractivity contribution >= 4 is 0 Å². The van der Waals surface area contributed by atoms with E-state index in [-0.39, 0.29) is 11.9 Å². The normalized spacial score (nSPS) is 12.4. The average molecular weight is 229 g/mol. The quantitative estimate of drug-likeness (QED) is 0.850. The van der Waals surface area contributed by atoms with E-state index in [1.165, 1.54) is 6.07 Å². The number of hydrogen-bond donors (Lipinski definition) is 1. The SMILES string of the molecule is CNC(c1ccccc1)c1cc(F)ccc1C. The van der Waals surface area contributed by atoms with E-state index in [0.29, 0.717) is 0 Å². The van der Waals surface area contributed by atoms with Crippen LogP contribution in [-0.2, 0) is 0 Å². The minimum atomic E-state index is -0.193. The number of nitrogens with one attached hydrogen (secondary N) is 1. The molecule has 2 heteroatoms. The highest BCUT2D eigenvalue weighted by atomic mass is 19.1. The largest absolute Gasteiger partial charge is 0.309 e. The molecule has 0 aromatic heterocycles. The van der Waals surface area contributed by atoms with Gasteiger partial charge in [0.25, 0.3) is 0 Å². The molecule has 0 saturated heterocycles. The Kier molecular flexibility index (Phi) is 3.55. The van der Waals surface area contributed by atoms with Gasteiger partial charge in [0.1, 0.15) is 5.82 Å². The smallest absolute Gasteiger partial charge is 0.123 e. The highest BCUT2D eigenvalue weighted by molar-refractivity contribution is 5.37. The van der Waals surface area contributed by atoms with E-state index in [9.17, 15) is 4.39 Å². The van der Waals surface area contributed by atoms with Gasteiger partial charge in [0, 0.05) is 0 Å². The predicted octanol–water partition coefficient (Wildman–Crippen LogP) is 3.44. The van der Waals surface area contributed by atoms with Crippen molar-refractivity contribution in [3.63, 3.8) is 0 Å². The fourth-order valence-corrected chi connectivity index (χ4v) is 2.07. The molecule has 0 aliphatic rings. The molecule has 0 bridgehead atoms. The van der Waals surface area contributed by atoms with Crippen LogP contribution in [-0.4, -0.2) is 7.05 Å². The monoisotopic (exact) mass is 229 g/mol. The summed E-state index contributed by atoms with van der Waals surface area (Å²) in [6.07, 6.45) is 0. The third-order valence-corrected chi connectivity index (χ3v) is 2.97. The molecule has 0 heterocycles. The Balaban J connectivity index is 2.46. The molecule has 2 rings (SSSR count). The number of hydrogen-bond acceptors (Lipinski definition) is 1. The summed E-state index contributed by atoms with van der Waals surface area (Å²) in [4.78, 5) is 0. The van der Waals surface area contributed by atoms with Crippen LogP contribution in [0.3, 0.4) is 0 Å². The zero-order valence-corrected chi connectivity index (χ0v) is 10.1. The average Bonchev–Trinajstić information content (AvgIpc) is 2.36. The van der Waals surface area contributed by atoms with Crippen LogP contribution in [0.4, 0.5) is 4.39 Å². The van der Waals surface area contributed by atoms with Gasteiger partial charge in [-0.2, -0.15) is 0 Å². The van der Waals surface area contributed by atoms with E-state index in [0.717, 1.165) is 16.7 Å². The van der Waals surface area contributed by atoms with E-state index in [1.54, 1.807) is 6.07 Å². The summed E-state index contributed by atoms with van der Waals surface area (Å²) >= 11 is 0. The standard InChI is InChI=1S/C15H16FN/c1-11-8-9-13(16)10-14(11)15(17-2)12-6-4-3-5-7-12/h3-10,15,17H,1-2H3. The minimum absolute atomic E-state index is 0.0342. The van der Waals surface area contributed by atoms with Crippen LogP contribution in [0.2, 0.25) is 0 Å². The first-order valence-electron chi connectivity index (χ1n) is 5.70. The molecule has 88 valence electrons. The first-order valence-corrected chi connectivity index (χ1v) is 5.70. The molecule has 0 radical (unpaired) electrons. The van der Waals surface area contributed by atoms with E-state index in [1.807, 2.05) is 50.4 Å². The van der Waals surface area contributed by atoms with Gasteiger partial charge in [0.05, 0.1) is 6.04 Å². The van der Waals surface area contributed by atoms with Crippen LogP contribution in [0.15, 0.2) is 48.5 Å². The molecule has 1 atom stereocenters. The summed E-state index contributed by atoms with van der Waals surface area (Å²) in [6, 6.07) is 15.0. The van der Waals surface area contributed by atoms with Gasteiger partial charge in [-0.15, -0.1) is 0 Å². The lowest BCUT2D eigenvalue weighted by Gasteiger charge is -2.19. The van der Waals surface area contributed by atoms with Gasteiger partial charge >= 0.3 is 0 Å².